The zero-order valence-corrected chi connectivity index (χ0v) is 10.7. The number of aryl methyl sites for hydroxylation is 1. The summed E-state index contributed by atoms with van der Waals surface area (Å²) in [6.07, 6.45) is 1.23. The zero-order valence-electron chi connectivity index (χ0n) is 9.90. The highest BCUT2D eigenvalue weighted by Crippen LogP contribution is 2.09. The highest BCUT2D eigenvalue weighted by atomic mass is 35.5. The fourth-order valence-electron chi connectivity index (χ4n) is 1.15. The quantitative estimate of drug-likeness (QED) is 0.640. The Morgan fingerprint density at radius 1 is 1.41 bits per heavy atom. The molecule has 0 aliphatic heterocycles. The zero-order chi connectivity index (χ0) is 12.0. The number of anilines is 1. The van der Waals surface area contributed by atoms with Gasteiger partial charge in [0, 0.05) is 5.69 Å². The van der Waals surface area contributed by atoms with E-state index in [0.29, 0.717) is 6.61 Å². The van der Waals surface area contributed by atoms with Crippen molar-refractivity contribution in [2.45, 2.75) is 13.8 Å². The first-order chi connectivity index (χ1) is 7.61. The minimum absolute atomic E-state index is 0. The molecule has 0 spiro atoms. The average molecular weight is 257 g/mol. The molecule has 0 saturated carbocycles. The molecular weight excluding hydrogens is 240 g/mol. The summed E-state index contributed by atoms with van der Waals surface area (Å²) < 4.78 is 4.73. The van der Waals surface area contributed by atoms with Crippen molar-refractivity contribution in [1.29, 1.82) is 0 Å². The number of carbonyl (C=O) groups is 1. The van der Waals surface area contributed by atoms with Gasteiger partial charge in [-0.3, -0.25) is 0 Å². The lowest BCUT2D eigenvalue weighted by Gasteiger charge is -2.06. The Bertz CT molecular complexity index is 388. The van der Waals surface area contributed by atoms with Gasteiger partial charge in [-0.2, -0.15) is 0 Å². The van der Waals surface area contributed by atoms with E-state index in [1.54, 1.807) is 6.92 Å². The first-order valence-electron chi connectivity index (χ1n) is 5.09. The summed E-state index contributed by atoms with van der Waals surface area (Å²) >= 11 is 0. The molecule has 4 nitrogen and oxygen atoms in total. The summed E-state index contributed by atoms with van der Waals surface area (Å²) in [4.78, 5) is 11.1. The fourth-order valence-corrected chi connectivity index (χ4v) is 1.15. The Kier molecular flexibility index (Phi) is 6.82. The van der Waals surface area contributed by atoms with Crippen LogP contribution in [0.15, 0.2) is 36.2 Å². The molecule has 0 saturated heterocycles. The molecule has 0 aliphatic rings. The topological polar surface area (TPSA) is 64.3 Å². The molecule has 1 rings (SSSR count). The second-order valence-electron chi connectivity index (χ2n) is 3.34. The third-order valence-electron chi connectivity index (χ3n) is 1.90. The fraction of sp³-hybridized carbons (Fsp3) is 0.250. The highest BCUT2D eigenvalue weighted by molar-refractivity contribution is 5.85. The van der Waals surface area contributed by atoms with Crippen molar-refractivity contribution in [2.24, 2.45) is 5.73 Å². The predicted octanol–water partition coefficient (Wildman–Crippen LogP) is 2.19. The van der Waals surface area contributed by atoms with Crippen LogP contribution in [0.2, 0.25) is 0 Å². The maximum absolute atomic E-state index is 11.1. The lowest BCUT2D eigenvalue weighted by atomic mass is 10.2. The standard InChI is InChI=1S/C12H16N2O2.ClH/c1-3-16-12(15)8-11(13)14-10-6-4-9(2)5-7-10;/h4-8,14H,3,13H2,1-2H3;1H. The summed E-state index contributed by atoms with van der Waals surface area (Å²) in [5, 5.41) is 2.90. The van der Waals surface area contributed by atoms with Gasteiger partial charge in [0.25, 0.3) is 0 Å². The van der Waals surface area contributed by atoms with E-state index in [-0.39, 0.29) is 18.2 Å². The van der Waals surface area contributed by atoms with Gasteiger partial charge in [0.2, 0.25) is 0 Å². The van der Waals surface area contributed by atoms with Crippen molar-refractivity contribution >= 4 is 24.1 Å². The second-order valence-corrected chi connectivity index (χ2v) is 3.34. The summed E-state index contributed by atoms with van der Waals surface area (Å²) in [5.74, 6) is -0.179. The van der Waals surface area contributed by atoms with E-state index < -0.39 is 5.97 Å². The molecule has 0 fully saturated rings. The van der Waals surface area contributed by atoms with Gasteiger partial charge in [0.15, 0.2) is 0 Å². The van der Waals surface area contributed by atoms with Gasteiger partial charge in [0.05, 0.1) is 12.7 Å². The van der Waals surface area contributed by atoms with Gasteiger partial charge in [-0.05, 0) is 26.0 Å². The lowest BCUT2D eigenvalue weighted by Crippen LogP contribution is -2.12. The Hall–Kier alpha value is -1.68. The molecular formula is C12H17ClN2O2. The molecule has 0 aliphatic carbocycles. The van der Waals surface area contributed by atoms with E-state index in [0.717, 1.165) is 5.69 Å². The Morgan fingerprint density at radius 3 is 2.53 bits per heavy atom. The van der Waals surface area contributed by atoms with Gasteiger partial charge in [-0.1, -0.05) is 17.7 Å². The van der Waals surface area contributed by atoms with Crippen molar-refractivity contribution in [3.63, 3.8) is 0 Å². The first-order valence-corrected chi connectivity index (χ1v) is 5.09. The van der Waals surface area contributed by atoms with E-state index in [1.807, 2.05) is 31.2 Å². The Labute approximate surface area is 107 Å². The average Bonchev–Trinajstić information content (AvgIpc) is 2.21. The molecule has 5 heteroatoms. The van der Waals surface area contributed by atoms with Crippen LogP contribution in [-0.4, -0.2) is 12.6 Å². The molecule has 0 aromatic heterocycles. The number of carbonyl (C=O) groups excluding carboxylic acids is 1. The van der Waals surface area contributed by atoms with Crippen LogP contribution in [0, 0.1) is 6.92 Å². The maximum atomic E-state index is 11.1. The van der Waals surface area contributed by atoms with Crippen LogP contribution >= 0.6 is 12.4 Å². The van der Waals surface area contributed by atoms with Gasteiger partial charge in [0.1, 0.15) is 5.82 Å². The predicted molar refractivity (Wildman–Crippen MR) is 71.0 cm³/mol. The monoisotopic (exact) mass is 256 g/mol. The molecule has 94 valence electrons. The second kappa shape index (κ2) is 7.57. The van der Waals surface area contributed by atoms with Crippen LogP contribution in [0.1, 0.15) is 12.5 Å². The summed E-state index contributed by atoms with van der Waals surface area (Å²) in [6.45, 7) is 4.09. The highest BCUT2D eigenvalue weighted by Gasteiger charge is 1.99. The van der Waals surface area contributed by atoms with Crippen LogP contribution < -0.4 is 11.1 Å². The summed E-state index contributed by atoms with van der Waals surface area (Å²) in [5.41, 5.74) is 7.63. The summed E-state index contributed by atoms with van der Waals surface area (Å²) in [6, 6.07) is 7.70. The van der Waals surface area contributed by atoms with Gasteiger partial charge in [-0.25, -0.2) is 4.79 Å². The summed E-state index contributed by atoms with van der Waals surface area (Å²) in [7, 11) is 0. The van der Waals surface area contributed by atoms with Crippen molar-refractivity contribution in [1.82, 2.24) is 0 Å². The minimum Gasteiger partial charge on any atom is -0.463 e. The first kappa shape index (κ1) is 15.3. The third kappa shape index (κ3) is 5.82. The van der Waals surface area contributed by atoms with Crippen molar-refractivity contribution in [2.75, 3.05) is 11.9 Å². The molecule has 1 aromatic rings. The largest absolute Gasteiger partial charge is 0.463 e. The Morgan fingerprint density at radius 2 is 2.00 bits per heavy atom. The van der Waals surface area contributed by atoms with E-state index >= 15 is 0 Å². The number of nitrogens with two attached hydrogens (primary N) is 1. The molecule has 0 unspecified atom stereocenters. The van der Waals surface area contributed by atoms with E-state index in [1.165, 1.54) is 11.6 Å². The SMILES string of the molecule is CCOC(=O)C=C(N)Nc1ccc(C)cc1.Cl. The van der Waals surface area contributed by atoms with Crippen LogP contribution in [0.25, 0.3) is 0 Å². The molecule has 0 bridgehead atoms. The van der Waals surface area contributed by atoms with Crippen LogP contribution in [-0.2, 0) is 9.53 Å². The van der Waals surface area contributed by atoms with Gasteiger partial charge in [-0.15, -0.1) is 12.4 Å². The van der Waals surface area contributed by atoms with Gasteiger partial charge >= 0.3 is 5.97 Å². The lowest BCUT2D eigenvalue weighted by molar-refractivity contribution is -0.137. The Balaban J connectivity index is 0.00000256. The van der Waals surface area contributed by atoms with Crippen LogP contribution in [0.5, 0.6) is 0 Å². The smallest absolute Gasteiger partial charge is 0.334 e. The van der Waals surface area contributed by atoms with E-state index in [2.05, 4.69) is 5.32 Å². The molecule has 3 N–H and O–H groups in total. The van der Waals surface area contributed by atoms with Gasteiger partial charge < -0.3 is 15.8 Å². The number of benzene rings is 1. The minimum atomic E-state index is -0.445. The van der Waals surface area contributed by atoms with Crippen LogP contribution in [0.4, 0.5) is 5.69 Å². The molecule has 17 heavy (non-hydrogen) atoms. The molecule has 1 aromatic carbocycles. The number of hydrogen-bond acceptors (Lipinski definition) is 4. The maximum Gasteiger partial charge on any atom is 0.334 e. The number of ether oxygens (including phenoxy) is 1. The van der Waals surface area contributed by atoms with Crippen molar-refractivity contribution in [3.05, 3.63) is 41.7 Å². The number of rotatable bonds is 4. The molecule has 0 amide bonds. The number of esters is 1. The number of halogens is 1. The van der Waals surface area contributed by atoms with Crippen molar-refractivity contribution < 1.29 is 9.53 Å². The number of hydrogen-bond donors (Lipinski definition) is 2. The number of nitrogens with one attached hydrogen (secondary N) is 1. The van der Waals surface area contributed by atoms with Crippen molar-refractivity contribution in [3.8, 4) is 0 Å². The van der Waals surface area contributed by atoms with Crippen LogP contribution in [0.3, 0.4) is 0 Å². The van der Waals surface area contributed by atoms with E-state index in [9.17, 15) is 4.79 Å². The molecule has 0 atom stereocenters. The third-order valence-corrected chi connectivity index (χ3v) is 1.90. The molecule has 0 heterocycles. The van der Waals surface area contributed by atoms with E-state index in [4.69, 9.17) is 10.5 Å². The molecule has 0 radical (unpaired) electrons. The normalized spacial score (nSPS) is 10.4.